The number of rotatable bonds is 7. The molecule has 0 aliphatic rings. The Morgan fingerprint density at radius 2 is 2.26 bits per heavy atom. The van der Waals surface area contributed by atoms with Crippen LogP contribution in [0.4, 0.5) is 0 Å². The molecule has 7 heteroatoms. The van der Waals surface area contributed by atoms with Gasteiger partial charge in [-0.1, -0.05) is 11.6 Å². The monoisotopic (exact) mass is 283 g/mol. The molecule has 0 spiro atoms. The number of imidazole rings is 2. The summed E-state index contributed by atoms with van der Waals surface area (Å²) < 4.78 is 8.82. The maximum absolute atomic E-state index is 5.95. The highest BCUT2D eigenvalue weighted by Crippen LogP contribution is 2.10. The summed E-state index contributed by atoms with van der Waals surface area (Å²) in [7, 11) is 3.59. The van der Waals surface area contributed by atoms with Crippen molar-refractivity contribution in [1.29, 1.82) is 0 Å². The molecule has 0 atom stereocenters. The highest BCUT2D eigenvalue weighted by Gasteiger charge is 2.06. The van der Waals surface area contributed by atoms with Gasteiger partial charge >= 0.3 is 0 Å². The SMILES string of the molecule is COCCNCc1cn(Cc2ncc(Cl)n2C)cn1. The van der Waals surface area contributed by atoms with E-state index >= 15 is 0 Å². The maximum Gasteiger partial charge on any atom is 0.129 e. The van der Waals surface area contributed by atoms with Gasteiger partial charge in [0.25, 0.3) is 0 Å². The van der Waals surface area contributed by atoms with Crippen molar-refractivity contribution in [1.82, 2.24) is 24.4 Å². The standard InChI is InChI=1S/C12H18ClN5O/c1-17-11(13)6-15-12(17)8-18-7-10(16-9-18)5-14-3-4-19-2/h6-7,9,14H,3-5,8H2,1-2H3. The number of hydrogen-bond donors (Lipinski definition) is 1. The van der Waals surface area contributed by atoms with Crippen molar-refractivity contribution in [2.45, 2.75) is 13.1 Å². The van der Waals surface area contributed by atoms with Gasteiger partial charge in [0.15, 0.2) is 0 Å². The lowest BCUT2D eigenvalue weighted by Gasteiger charge is -2.03. The average molecular weight is 284 g/mol. The fraction of sp³-hybridized carbons (Fsp3) is 0.500. The van der Waals surface area contributed by atoms with E-state index in [0.29, 0.717) is 18.3 Å². The van der Waals surface area contributed by atoms with Gasteiger partial charge in [-0.3, -0.25) is 0 Å². The number of nitrogens with zero attached hydrogens (tertiary/aromatic N) is 4. The number of methoxy groups -OCH3 is 1. The number of halogens is 1. The van der Waals surface area contributed by atoms with Crippen LogP contribution in [0.2, 0.25) is 5.15 Å². The van der Waals surface area contributed by atoms with Crippen LogP contribution in [0.1, 0.15) is 11.5 Å². The normalized spacial score (nSPS) is 11.1. The number of nitrogens with one attached hydrogen (secondary N) is 1. The molecule has 0 amide bonds. The zero-order valence-corrected chi connectivity index (χ0v) is 11.9. The van der Waals surface area contributed by atoms with E-state index in [2.05, 4.69) is 15.3 Å². The third kappa shape index (κ3) is 3.79. The average Bonchev–Trinajstić information content (AvgIpc) is 2.97. The Hall–Kier alpha value is -1.37. The molecule has 0 aliphatic carbocycles. The molecule has 2 aromatic heterocycles. The van der Waals surface area contributed by atoms with E-state index in [0.717, 1.165) is 24.6 Å². The van der Waals surface area contributed by atoms with Crippen molar-refractivity contribution in [3.05, 3.63) is 35.4 Å². The van der Waals surface area contributed by atoms with Crippen LogP contribution in [0.25, 0.3) is 0 Å². The van der Waals surface area contributed by atoms with Crippen LogP contribution in [-0.2, 0) is 24.9 Å². The zero-order valence-electron chi connectivity index (χ0n) is 11.1. The first kappa shape index (κ1) is 14.0. The third-order valence-electron chi connectivity index (χ3n) is 2.83. The first-order valence-corrected chi connectivity index (χ1v) is 6.45. The summed E-state index contributed by atoms with van der Waals surface area (Å²) in [6.45, 7) is 2.91. The van der Waals surface area contributed by atoms with Crippen LogP contribution in [0, 0.1) is 0 Å². The summed E-state index contributed by atoms with van der Waals surface area (Å²) in [4.78, 5) is 8.59. The first-order chi connectivity index (χ1) is 9.20. The van der Waals surface area contributed by atoms with Crippen LogP contribution in [0.5, 0.6) is 0 Å². The molecule has 2 heterocycles. The lowest BCUT2D eigenvalue weighted by Crippen LogP contribution is -2.18. The fourth-order valence-corrected chi connectivity index (χ4v) is 1.86. The summed E-state index contributed by atoms with van der Waals surface area (Å²) in [6, 6.07) is 0. The van der Waals surface area contributed by atoms with Crippen molar-refractivity contribution in [2.24, 2.45) is 7.05 Å². The molecule has 0 radical (unpaired) electrons. The predicted octanol–water partition coefficient (Wildman–Crippen LogP) is 1.05. The molecule has 104 valence electrons. The van der Waals surface area contributed by atoms with Gasteiger partial charge in [-0.15, -0.1) is 0 Å². The summed E-state index contributed by atoms with van der Waals surface area (Å²) in [5.41, 5.74) is 0.997. The van der Waals surface area contributed by atoms with Crippen LogP contribution in [0.3, 0.4) is 0 Å². The molecule has 0 saturated heterocycles. The van der Waals surface area contributed by atoms with Crippen LogP contribution in [-0.4, -0.2) is 39.4 Å². The lowest BCUT2D eigenvalue weighted by atomic mass is 10.4. The molecule has 2 rings (SSSR count). The smallest absolute Gasteiger partial charge is 0.129 e. The Balaban J connectivity index is 1.88. The lowest BCUT2D eigenvalue weighted by molar-refractivity contribution is 0.199. The van der Waals surface area contributed by atoms with E-state index in [1.54, 1.807) is 19.6 Å². The van der Waals surface area contributed by atoms with Crippen molar-refractivity contribution in [2.75, 3.05) is 20.3 Å². The van der Waals surface area contributed by atoms with Gasteiger partial charge in [-0.05, 0) is 0 Å². The van der Waals surface area contributed by atoms with Gasteiger partial charge in [0, 0.05) is 33.4 Å². The molecule has 0 saturated carbocycles. The Morgan fingerprint density at radius 3 is 2.95 bits per heavy atom. The third-order valence-corrected chi connectivity index (χ3v) is 3.18. The summed E-state index contributed by atoms with van der Waals surface area (Å²) >= 11 is 5.95. The Kier molecular flexibility index (Phi) is 4.95. The van der Waals surface area contributed by atoms with E-state index in [4.69, 9.17) is 16.3 Å². The van der Waals surface area contributed by atoms with E-state index in [9.17, 15) is 0 Å². The second-order valence-corrected chi connectivity index (χ2v) is 4.65. The second-order valence-electron chi connectivity index (χ2n) is 4.26. The fourth-order valence-electron chi connectivity index (χ4n) is 1.71. The van der Waals surface area contributed by atoms with Gasteiger partial charge < -0.3 is 19.2 Å². The molecule has 0 fully saturated rings. The molecule has 2 aromatic rings. The molecule has 0 aliphatic heterocycles. The minimum atomic E-state index is 0.636. The first-order valence-electron chi connectivity index (χ1n) is 6.07. The maximum atomic E-state index is 5.95. The molecular formula is C12H18ClN5O. The van der Waals surface area contributed by atoms with Crippen molar-refractivity contribution in [3.63, 3.8) is 0 Å². The highest BCUT2D eigenvalue weighted by molar-refractivity contribution is 6.29. The summed E-state index contributed by atoms with van der Waals surface area (Å²) in [5.74, 6) is 0.904. The van der Waals surface area contributed by atoms with E-state index < -0.39 is 0 Å². The van der Waals surface area contributed by atoms with Gasteiger partial charge in [0.1, 0.15) is 11.0 Å². The number of ether oxygens (including phenoxy) is 1. The molecule has 0 aromatic carbocycles. The van der Waals surface area contributed by atoms with Crippen molar-refractivity contribution in [3.8, 4) is 0 Å². The number of aromatic nitrogens is 4. The van der Waals surface area contributed by atoms with E-state index in [1.165, 1.54) is 0 Å². The van der Waals surface area contributed by atoms with Gasteiger partial charge in [-0.25, -0.2) is 9.97 Å². The van der Waals surface area contributed by atoms with Gasteiger partial charge in [-0.2, -0.15) is 0 Å². The largest absolute Gasteiger partial charge is 0.383 e. The Labute approximate surface area is 117 Å². The molecule has 0 bridgehead atoms. The zero-order chi connectivity index (χ0) is 13.7. The van der Waals surface area contributed by atoms with E-state index in [1.807, 2.05) is 22.4 Å². The summed E-state index contributed by atoms with van der Waals surface area (Å²) in [5, 5.41) is 3.89. The molecule has 6 nitrogen and oxygen atoms in total. The summed E-state index contributed by atoms with van der Waals surface area (Å²) in [6.07, 6.45) is 5.46. The molecular weight excluding hydrogens is 266 g/mol. The number of hydrogen-bond acceptors (Lipinski definition) is 4. The van der Waals surface area contributed by atoms with Crippen molar-refractivity contribution < 1.29 is 4.74 Å². The Morgan fingerprint density at radius 1 is 1.42 bits per heavy atom. The molecule has 0 unspecified atom stereocenters. The minimum Gasteiger partial charge on any atom is -0.383 e. The van der Waals surface area contributed by atoms with E-state index in [-0.39, 0.29) is 0 Å². The molecule has 1 N–H and O–H groups in total. The van der Waals surface area contributed by atoms with Gasteiger partial charge in [0.05, 0.1) is 31.4 Å². The van der Waals surface area contributed by atoms with Crippen LogP contribution < -0.4 is 5.32 Å². The van der Waals surface area contributed by atoms with Crippen LogP contribution in [0.15, 0.2) is 18.7 Å². The van der Waals surface area contributed by atoms with Crippen molar-refractivity contribution >= 4 is 11.6 Å². The second kappa shape index (κ2) is 6.70. The molecule has 19 heavy (non-hydrogen) atoms. The highest BCUT2D eigenvalue weighted by atomic mass is 35.5. The van der Waals surface area contributed by atoms with Crippen LogP contribution >= 0.6 is 11.6 Å². The minimum absolute atomic E-state index is 0.636. The topological polar surface area (TPSA) is 56.9 Å². The Bertz CT molecular complexity index is 522. The van der Waals surface area contributed by atoms with Gasteiger partial charge in [0.2, 0.25) is 0 Å². The quantitative estimate of drug-likeness (QED) is 0.772. The predicted molar refractivity (Wildman–Crippen MR) is 73.1 cm³/mol.